The Morgan fingerprint density at radius 3 is 2.52 bits per heavy atom. The maximum absolute atomic E-state index is 5.37. The van der Waals surface area contributed by atoms with Crippen LogP contribution in [0.2, 0.25) is 0 Å². The molecule has 1 aromatic carbocycles. The van der Waals surface area contributed by atoms with Gasteiger partial charge in [0.2, 0.25) is 0 Å². The Kier molecular flexibility index (Phi) is 5.22. The van der Waals surface area contributed by atoms with Gasteiger partial charge in [0.25, 0.3) is 0 Å². The van der Waals surface area contributed by atoms with E-state index in [9.17, 15) is 0 Å². The minimum atomic E-state index is 0.264. The molecule has 0 saturated carbocycles. The average Bonchev–Trinajstić information content (AvgIpc) is 2.93. The Morgan fingerprint density at radius 1 is 1.19 bits per heavy atom. The molecule has 2 rings (SSSR count). The van der Waals surface area contributed by atoms with E-state index in [1.807, 2.05) is 36.1 Å². The Balaban J connectivity index is 2.12. The molecule has 0 fully saturated rings. The van der Waals surface area contributed by atoms with Crippen LogP contribution in [0.4, 0.5) is 0 Å². The Bertz CT molecular complexity index is 581. The zero-order valence-corrected chi connectivity index (χ0v) is 13.1. The second kappa shape index (κ2) is 7.13. The average molecular weight is 289 g/mol. The summed E-state index contributed by atoms with van der Waals surface area (Å²) in [5.41, 5.74) is 2.35. The summed E-state index contributed by atoms with van der Waals surface area (Å²) in [5.74, 6) is 1.51. The third kappa shape index (κ3) is 3.55. The molecule has 114 valence electrons. The van der Waals surface area contributed by atoms with Gasteiger partial charge in [0, 0.05) is 25.8 Å². The van der Waals surface area contributed by atoms with E-state index in [2.05, 4.69) is 23.4 Å². The fourth-order valence-electron chi connectivity index (χ4n) is 2.37. The summed E-state index contributed by atoms with van der Waals surface area (Å²) in [6, 6.07) is 8.34. The molecule has 0 aliphatic carbocycles. The van der Waals surface area contributed by atoms with Gasteiger partial charge in [-0.3, -0.25) is 4.68 Å². The van der Waals surface area contributed by atoms with Crippen molar-refractivity contribution in [3.63, 3.8) is 0 Å². The molecule has 0 bridgehead atoms. The van der Waals surface area contributed by atoms with Gasteiger partial charge < -0.3 is 14.8 Å². The van der Waals surface area contributed by atoms with Crippen LogP contribution in [0.1, 0.15) is 30.6 Å². The summed E-state index contributed by atoms with van der Waals surface area (Å²) in [5, 5.41) is 7.74. The molecule has 0 amide bonds. The van der Waals surface area contributed by atoms with Crippen molar-refractivity contribution in [2.45, 2.75) is 25.9 Å². The molecule has 5 nitrogen and oxygen atoms in total. The topological polar surface area (TPSA) is 48.3 Å². The summed E-state index contributed by atoms with van der Waals surface area (Å²) in [4.78, 5) is 0. The monoisotopic (exact) mass is 289 g/mol. The van der Waals surface area contributed by atoms with Gasteiger partial charge in [-0.1, -0.05) is 13.0 Å². The van der Waals surface area contributed by atoms with Crippen LogP contribution in [0.5, 0.6) is 11.5 Å². The number of hydrogen-bond donors (Lipinski definition) is 1. The lowest BCUT2D eigenvalue weighted by Crippen LogP contribution is -2.21. The van der Waals surface area contributed by atoms with E-state index in [4.69, 9.17) is 9.47 Å². The molecule has 0 aliphatic heterocycles. The summed E-state index contributed by atoms with van der Waals surface area (Å²) in [6.45, 7) is 2.95. The van der Waals surface area contributed by atoms with Crippen molar-refractivity contribution in [1.29, 1.82) is 0 Å². The van der Waals surface area contributed by atoms with Crippen molar-refractivity contribution in [2.24, 2.45) is 7.05 Å². The Morgan fingerprint density at radius 2 is 1.95 bits per heavy atom. The quantitative estimate of drug-likeness (QED) is 0.851. The highest BCUT2D eigenvalue weighted by molar-refractivity contribution is 5.43. The fraction of sp³-hybridized carbons (Fsp3) is 0.438. The van der Waals surface area contributed by atoms with Crippen LogP contribution in [-0.2, 0) is 13.6 Å². The first-order valence-corrected chi connectivity index (χ1v) is 7.11. The molecule has 0 saturated heterocycles. The highest BCUT2D eigenvalue weighted by Crippen LogP contribution is 2.30. The third-order valence-corrected chi connectivity index (χ3v) is 3.67. The number of nitrogens with zero attached hydrogens (tertiary/aromatic N) is 2. The number of methoxy groups -OCH3 is 2. The van der Waals surface area contributed by atoms with Gasteiger partial charge in [0.15, 0.2) is 11.5 Å². The van der Waals surface area contributed by atoms with Gasteiger partial charge >= 0.3 is 0 Å². The molecule has 0 spiro atoms. The van der Waals surface area contributed by atoms with Gasteiger partial charge in [-0.2, -0.15) is 5.10 Å². The maximum Gasteiger partial charge on any atom is 0.161 e. The van der Waals surface area contributed by atoms with E-state index in [0.29, 0.717) is 0 Å². The largest absolute Gasteiger partial charge is 0.493 e. The number of hydrogen-bond acceptors (Lipinski definition) is 4. The van der Waals surface area contributed by atoms with Crippen LogP contribution in [0.25, 0.3) is 0 Å². The van der Waals surface area contributed by atoms with Crippen molar-refractivity contribution < 1.29 is 9.47 Å². The zero-order valence-electron chi connectivity index (χ0n) is 13.1. The lowest BCUT2D eigenvalue weighted by molar-refractivity contribution is 0.353. The molecular formula is C16H23N3O2. The molecule has 5 heteroatoms. The van der Waals surface area contributed by atoms with Crippen molar-refractivity contribution in [3.05, 3.63) is 41.7 Å². The molecule has 21 heavy (non-hydrogen) atoms. The van der Waals surface area contributed by atoms with Crippen molar-refractivity contribution in [1.82, 2.24) is 15.1 Å². The first kappa shape index (κ1) is 15.4. The second-order valence-electron chi connectivity index (χ2n) is 4.90. The van der Waals surface area contributed by atoms with E-state index in [0.717, 1.165) is 30.2 Å². The van der Waals surface area contributed by atoms with Crippen molar-refractivity contribution >= 4 is 0 Å². The maximum atomic E-state index is 5.37. The van der Waals surface area contributed by atoms with Gasteiger partial charge in [-0.05, 0) is 30.2 Å². The van der Waals surface area contributed by atoms with Crippen LogP contribution in [0, 0.1) is 0 Å². The fourth-order valence-corrected chi connectivity index (χ4v) is 2.37. The first-order valence-electron chi connectivity index (χ1n) is 7.11. The van der Waals surface area contributed by atoms with E-state index in [1.165, 1.54) is 5.56 Å². The molecule has 1 atom stereocenters. The van der Waals surface area contributed by atoms with Crippen LogP contribution in [0.15, 0.2) is 30.5 Å². The predicted molar refractivity (Wildman–Crippen MR) is 82.6 cm³/mol. The standard InChI is InChI=1S/C16H23N3O2/c1-5-14(17-11-13-8-9-18-19(13)2)12-6-7-15(20-3)16(10-12)21-4/h6-10,14,17H,5,11H2,1-4H3. The minimum Gasteiger partial charge on any atom is -0.493 e. The predicted octanol–water partition coefficient (Wildman–Crippen LogP) is 2.68. The lowest BCUT2D eigenvalue weighted by atomic mass is 10.0. The SMILES string of the molecule is CCC(NCc1ccnn1C)c1ccc(OC)c(OC)c1. The first-order chi connectivity index (χ1) is 10.2. The molecule has 2 aromatic rings. The Labute approximate surface area is 125 Å². The molecule has 1 aromatic heterocycles. The van der Waals surface area contributed by atoms with E-state index >= 15 is 0 Å². The molecule has 1 heterocycles. The number of nitrogens with one attached hydrogen (secondary N) is 1. The normalized spacial score (nSPS) is 12.2. The second-order valence-corrected chi connectivity index (χ2v) is 4.90. The third-order valence-electron chi connectivity index (χ3n) is 3.67. The number of rotatable bonds is 7. The molecule has 1 unspecified atom stereocenters. The number of ether oxygens (including phenoxy) is 2. The van der Waals surface area contributed by atoms with Gasteiger partial charge in [0.05, 0.1) is 19.9 Å². The van der Waals surface area contributed by atoms with Gasteiger partial charge in [-0.25, -0.2) is 0 Å². The van der Waals surface area contributed by atoms with Crippen LogP contribution in [-0.4, -0.2) is 24.0 Å². The summed E-state index contributed by atoms with van der Waals surface area (Å²) in [6.07, 6.45) is 2.81. The zero-order chi connectivity index (χ0) is 15.2. The van der Waals surface area contributed by atoms with Crippen molar-refractivity contribution in [3.8, 4) is 11.5 Å². The molecular weight excluding hydrogens is 266 g/mol. The molecule has 0 radical (unpaired) electrons. The van der Waals surface area contributed by atoms with Crippen LogP contribution < -0.4 is 14.8 Å². The lowest BCUT2D eigenvalue weighted by Gasteiger charge is -2.19. The van der Waals surface area contributed by atoms with Gasteiger partial charge in [0.1, 0.15) is 0 Å². The summed E-state index contributed by atoms with van der Waals surface area (Å²) < 4.78 is 12.5. The number of aryl methyl sites for hydroxylation is 1. The smallest absolute Gasteiger partial charge is 0.161 e. The summed E-state index contributed by atoms with van der Waals surface area (Å²) in [7, 11) is 5.26. The Hall–Kier alpha value is -2.01. The van der Waals surface area contributed by atoms with Crippen LogP contribution in [0.3, 0.4) is 0 Å². The molecule has 1 N–H and O–H groups in total. The van der Waals surface area contributed by atoms with E-state index < -0.39 is 0 Å². The van der Waals surface area contributed by atoms with Crippen LogP contribution >= 0.6 is 0 Å². The van der Waals surface area contributed by atoms with E-state index in [1.54, 1.807) is 14.2 Å². The number of aromatic nitrogens is 2. The highest BCUT2D eigenvalue weighted by Gasteiger charge is 2.13. The van der Waals surface area contributed by atoms with Gasteiger partial charge in [-0.15, -0.1) is 0 Å². The molecule has 0 aliphatic rings. The highest BCUT2D eigenvalue weighted by atomic mass is 16.5. The van der Waals surface area contributed by atoms with Crippen molar-refractivity contribution in [2.75, 3.05) is 14.2 Å². The van der Waals surface area contributed by atoms with E-state index in [-0.39, 0.29) is 6.04 Å². The summed E-state index contributed by atoms with van der Waals surface area (Å²) >= 11 is 0. The number of benzene rings is 1. The minimum absolute atomic E-state index is 0.264.